The largest absolute Gasteiger partial charge is 0.496 e. The molecule has 1 saturated heterocycles. The van der Waals surface area contributed by atoms with Crippen LogP contribution in [0.15, 0.2) is 30.3 Å². The highest BCUT2D eigenvalue weighted by atomic mass is 16.5. The fourth-order valence-electron chi connectivity index (χ4n) is 4.23. The zero-order valence-corrected chi connectivity index (χ0v) is 16.7. The first kappa shape index (κ1) is 20.8. The normalized spacial score (nSPS) is 27.7. The Morgan fingerprint density at radius 3 is 2.43 bits per heavy atom. The van der Waals surface area contributed by atoms with Gasteiger partial charge in [-0.3, -0.25) is 0 Å². The smallest absolute Gasteiger partial charge is 0.126 e. The molecule has 0 amide bonds. The van der Waals surface area contributed by atoms with E-state index >= 15 is 0 Å². The van der Waals surface area contributed by atoms with Crippen molar-refractivity contribution in [1.29, 1.82) is 5.26 Å². The van der Waals surface area contributed by atoms with Gasteiger partial charge in [0.15, 0.2) is 0 Å². The fraction of sp³-hybridized carbons (Fsp3) is 0.435. The van der Waals surface area contributed by atoms with E-state index in [4.69, 9.17) is 9.47 Å². The van der Waals surface area contributed by atoms with Crippen molar-refractivity contribution in [3.05, 3.63) is 63.7 Å². The quantitative estimate of drug-likeness (QED) is 0.573. The van der Waals surface area contributed by atoms with Gasteiger partial charge in [-0.1, -0.05) is 18.2 Å². The molecule has 2 aromatic rings. The molecule has 0 unspecified atom stereocenters. The Bertz CT molecular complexity index is 982. The molecule has 0 radical (unpaired) electrons. The minimum Gasteiger partial charge on any atom is -0.496 e. The lowest BCUT2D eigenvalue weighted by Crippen LogP contribution is -2.55. The summed E-state index contributed by atoms with van der Waals surface area (Å²) in [6.45, 7) is -0.512. The van der Waals surface area contributed by atoms with Gasteiger partial charge in [-0.05, 0) is 53.6 Å². The van der Waals surface area contributed by atoms with Crippen LogP contribution in [0.5, 0.6) is 5.75 Å². The van der Waals surface area contributed by atoms with Crippen molar-refractivity contribution in [2.24, 2.45) is 0 Å². The zero-order valence-electron chi connectivity index (χ0n) is 16.7. The van der Waals surface area contributed by atoms with Gasteiger partial charge >= 0.3 is 0 Å². The average molecular weight is 411 g/mol. The lowest BCUT2D eigenvalue weighted by molar-refractivity contribution is -0.232. The lowest BCUT2D eigenvalue weighted by Gasteiger charge is -2.40. The minimum absolute atomic E-state index is 0.330. The fourth-order valence-corrected chi connectivity index (χ4v) is 4.23. The van der Waals surface area contributed by atoms with Gasteiger partial charge in [-0.2, -0.15) is 5.26 Å². The second-order valence-corrected chi connectivity index (χ2v) is 7.89. The number of benzene rings is 2. The van der Waals surface area contributed by atoms with Crippen LogP contribution in [0.1, 0.15) is 39.5 Å². The maximum Gasteiger partial charge on any atom is 0.126 e. The summed E-state index contributed by atoms with van der Waals surface area (Å²) in [6.07, 6.45) is -3.72. The number of aryl methyl sites for hydroxylation is 2. The third-order valence-corrected chi connectivity index (χ3v) is 6.10. The molecule has 1 fully saturated rings. The molecule has 0 bridgehead atoms. The number of ether oxygens (including phenoxy) is 2. The second kappa shape index (κ2) is 8.34. The predicted molar refractivity (Wildman–Crippen MR) is 107 cm³/mol. The number of rotatable bonds is 5. The van der Waals surface area contributed by atoms with E-state index in [-0.39, 0.29) is 0 Å². The third kappa shape index (κ3) is 3.58. The highest BCUT2D eigenvalue weighted by Gasteiger charge is 2.45. The molecule has 30 heavy (non-hydrogen) atoms. The minimum atomic E-state index is -1.49. The Kier molecular flexibility index (Phi) is 5.78. The van der Waals surface area contributed by atoms with E-state index in [2.05, 4.69) is 24.3 Å². The van der Waals surface area contributed by atoms with Crippen LogP contribution in [-0.2, 0) is 24.0 Å². The maximum absolute atomic E-state index is 10.5. The summed E-state index contributed by atoms with van der Waals surface area (Å²) >= 11 is 0. The van der Waals surface area contributed by atoms with Crippen LogP contribution in [0.2, 0.25) is 0 Å². The van der Waals surface area contributed by atoms with Crippen LogP contribution in [0.4, 0.5) is 0 Å². The molecule has 158 valence electrons. The van der Waals surface area contributed by atoms with Gasteiger partial charge in [0.05, 0.1) is 25.3 Å². The van der Waals surface area contributed by atoms with E-state index in [0.29, 0.717) is 23.3 Å². The van der Waals surface area contributed by atoms with Crippen molar-refractivity contribution >= 4 is 0 Å². The van der Waals surface area contributed by atoms with Crippen LogP contribution in [0.3, 0.4) is 0 Å². The standard InChI is InChI=1S/C23H25NO6/c1-29-18-9-16(10-24)15(7-12-2-3-13-4-5-14(13)6-12)8-17(18)23-22(28)21(27)20(26)19(11-25)30-23/h2-3,6,8-9,19-23,25-28H,4-5,7,11H2,1H3/t19-,20-,21+,22-,23+/m1/s1. The highest BCUT2D eigenvalue weighted by molar-refractivity contribution is 5.51. The van der Waals surface area contributed by atoms with Crippen molar-refractivity contribution in [2.45, 2.75) is 49.8 Å². The molecule has 1 heterocycles. The van der Waals surface area contributed by atoms with E-state index in [9.17, 15) is 25.7 Å². The molecule has 7 nitrogen and oxygen atoms in total. The van der Waals surface area contributed by atoms with Crippen molar-refractivity contribution in [1.82, 2.24) is 0 Å². The molecule has 0 aromatic heterocycles. The number of fused-ring (bicyclic) bond motifs is 1. The third-order valence-electron chi connectivity index (χ3n) is 6.10. The number of hydrogen-bond donors (Lipinski definition) is 4. The molecule has 2 aromatic carbocycles. The van der Waals surface area contributed by atoms with E-state index in [1.54, 1.807) is 12.1 Å². The van der Waals surface area contributed by atoms with Gasteiger partial charge in [0.2, 0.25) is 0 Å². The van der Waals surface area contributed by atoms with Crippen molar-refractivity contribution in [3.8, 4) is 11.8 Å². The van der Waals surface area contributed by atoms with Crippen LogP contribution in [0.25, 0.3) is 0 Å². The molecule has 0 saturated carbocycles. The number of hydrogen-bond acceptors (Lipinski definition) is 7. The van der Waals surface area contributed by atoms with Crippen LogP contribution in [0, 0.1) is 11.3 Å². The van der Waals surface area contributed by atoms with Crippen molar-refractivity contribution in [3.63, 3.8) is 0 Å². The van der Waals surface area contributed by atoms with E-state index in [1.807, 2.05) is 0 Å². The number of nitrogens with zero attached hydrogens (tertiary/aromatic N) is 1. The van der Waals surface area contributed by atoms with Crippen LogP contribution in [-0.4, -0.2) is 58.6 Å². The van der Waals surface area contributed by atoms with Gasteiger partial charge in [-0.25, -0.2) is 0 Å². The summed E-state index contributed by atoms with van der Waals surface area (Å²) in [5.41, 5.74) is 5.40. The van der Waals surface area contributed by atoms with Crippen molar-refractivity contribution in [2.75, 3.05) is 13.7 Å². The first-order valence-electron chi connectivity index (χ1n) is 9.99. The summed E-state index contributed by atoms with van der Waals surface area (Å²) in [6, 6.07) is 11.8. The summed E-state index contributed by atoms with van der Waals surface area (Å²) < 4.78 is 11.1. The van der Waals surface area contributed by atoms with Crippen molar-refractivity contribution < 1.29 is 29.9 Å². The SMILES string of the molecule is COc1cc(C#N)c(Cc2ccc3c(c2)CC3)cc1[C@@H]1O[C@H](CO)[C@@H](O)[C@H](O)[C@H]1O. The average Bonchev–Trinajstić information content (AvgIpc) is 2.74. The van der Waals surface area contributed by atoms with Gasteiger partial charge in [-0.15, -0.1) is 0 Å². The Labute approximate surface area is 174 Å². The summed E-state index contributed by atoms with van der Waals surface area (Å²) in [5, 5.41) is 49.9. The Morgan fingerprint density at radius 2 is 1.83 bits per heavy atom. The molecule has 4 N–H and O–H groups in total. The maximum atomic E-state index is 10.5. The molecule has 5 atom stereocenters. The second-order valence-electron chi connectivity index (χ2n) is 7.89. The monoisotopic (exact) mass is 411 g/mol. The summed E-state index contributed by atoms with van der Waals surface area (Å²) in [5.74, 6) is 0.330. The number of nitriles is 1. The molecule has 1 aliphatic heterocycles. The number of methoxy groups -OCH3 is 1. The number of aliphatic hydroxyl groups excluding tert-OH is 4. The van der Waals surface area contributed by atoms with Gasteiger partial charge in [0, 0.05) is 5.56 Å². The first-order valence-corrected chi connectivity index (χ1v) is 9.99. The van der Waals surface area contributed by atoms with Crippen LogP contribution < -0.4 is 4.74 Å². The molecule has 2 aliphatic rings. The first-order chi connectivity index (χ1) is 14.5. The van der Waals surface area contributed by atoms with E-state index < -0.39 is 37.1 Å². The topological polar surface area (TPSA) is 123 Å². The lowest BCUT2D eigenvalue weighted by atomic mass is 9.85. The molecular formula is C23H25NO6. The van der Waals surface area contributed by atoms with E-state index in [1.165, 1.54) is 18.2 Å². The Morgan fingerprint density at radius 1 is 1.07 bits per heavy atom. The van der Waals surface area contributed by atoms with E-state index in [0.717, 1.165) is 24.0 Å². The highest BCUT2D eigenvalue weighted by Crippen LogP contribution is 2.39. The summed E-state index contributed by atoms with van der Waals surface area (Å²) in [7, 11) is 1.45. The molecule has 1 aliphatic carbocycles. The molecular weight excluding hydrogens is 386 g/mol. The zero-order chi connectivity index (χ0) is 21.4. The number of aliphatic hydroxyl groups is 4. The Balaban J connectivity index is 1.72. The predicted octanol–water partition coefficient (Wildman–Crippen LogP) is 0.771. The van der Waals surface area contributed by atoms with Gasteiger partial charge < -0.3 is 29.9 Å². The van der Waals surface area contributed by atoms with Gasteiger partial charge in [0.25, 0.3) is 0 Å². The Hall–Kier alpha value is -2.47. The molecule has 0 spiro atoms. The molecule has 7 heteroatoms. The van der Waals surface area contributed by atoms with Gasteiger partial charge in [0.1, 0.15) is 36.3 Å². The summed E-state index contributed by atoms with van der Waals surface area (Å²) in [4.78, 5) is 0. The molecule has 4 rings (SSSR count). The van der Waals surface area contributed by atoms with Crippen LogP contribution >= 0.6 is 0 Å².